The maximum Gasteiger partial charge on any atom is 0.133 e. The molecule has 0 aromatic carbocycles. The number of hydrogen-bond donors (Lipinski definition) is 1. The van der Waals surface area contributed by atoms with Crippen LogP contribution in [0.5, 0.6) is 0 Å². The molecule has 0 aliphatic rings. The Bertz CT molecular complexity index is 151. The van der Waals surface area contributed by atoms with E-state index < -0.39 is 0 Å². The van der Waals surface area contributed by atoms with Gasteiger partial charge in [-0.25, -0.2) is 0 Å². The molecule has 0 fully saturated rings. The molecule has 4 heteroatoms. The highest BCUT2D eigenvalue weighted by atomic mass is 32.1. The van der Waals surface area contributed by atoms with Crippen molar-refractivity contribution in [2.45, 2.75) is 19.8 Å². The highest BCUT2D eigenvalue weighted by molar-refractivity contribution is 8.10. The molecule has 2 nitrogen and oxygen atoms in total. The van der Waals surface area contributed by atoms with Crippen LogP contribution in [0, 0.1) is 0 Å². The molecule has 0 atom stereocenters. The van der Waals surface area contributed by atoms with Crippen LogP contribution in [0.4, 0.5) is 0 Å². The average Bonchev–Trinajstić information content (AvgIpc) is 2.11. The Morgan fingerprint density at radius 1 is 1.23 bits per heavy atom. The van der Waals surface area contributed by atoms with Gasteiger partial charge >= 0.3 is 0 Å². The zero-order chi connectivity index (χ0) is 10.3. The van der Waals surface area contributed by atoms with E-state index in [1.165, 1.54) is 19.4 Å². The van der Waals surface area contributed by atoms with Crippen LogP contribution in [0.3, 0.4) is 0 Å². The van der Waals surface area contributed by atoms with Crippen molar-refractivity contribution in [2.75, 3.05) is 33.7 Å². The van der Waals surface area contributed by atoms with E-state index in [1.807, 2.05) is 11.9 Å². The van der Waals surface area contributed by atoms with Gasteiger partial charge in [-0.1, -0.05) is 19.1 Å². The SMILES string of the molecule is CCN(C)CCCCN(C)C(=S)S. The molecule has 0 amide bonds. The maximum absolute atomic E-state index is 4.92. The molecule has 0 bridgehead atoms. The van der Waals surface area contributed by atoms with Crippen molar-refractivity contribution in [3.8, 4) is 0 Å². The van der Waals surface area contributed by atoms with E-state index in [-0.39, 0.29) is 0 Å². The molecular weight excluding hydrogens is 200 g/mol. The van der Waals surface area contributed by atoms with Gasteiger partial charge in [0.25, 0.3) is 0 Å². The highest BCUT2D eigenvalue weighted by Crippen LogP contribution is 1.98. The third kappa shape index (κ3) is 7.28. The molecule has 13 heavy (non-hydrogen) atoms. The Morgan fingerprint density at radius 2 is 1.77 bits per heavy atom. The molecule has 0 aromatic rings. The molecule has 0 saturated carbocycles. The van der Waals surface area contributed by atoms with Crippen molar-refractivity contribution in [3.63, 3.8) is 0 Å². The molecule has 0 heterocycles. The van der Waals surface area contributed by atoms with Gasteiger partial charge in [-0.2, -0.15) is 0 Å². The second kappa shape index (κ2) is 7.59. The Morgan fingerprint density at radius 3 is 2.23 bits per heavy atom. The van der Waals surface area contributed by atoms with E-state index in [0.29, 0.717) is 4.32 Å². The lowest BCUT2D eigenvalue weighted by molar-refractivity contribution is 0.336. The second-order valence-electron chi connectivity index (χ2n) is 3.31. The van der Waals surface area contributed by atoms with Gasteiger partial charge in [0.15, 0.2) is 0 Å². The second-order valence-corrected chi connectivity index (χ2v) is 4.42. The third-order valence-corrected chi connectivity index (χ3v) is 2.80. The molecule has 0 aliphatic heterocycles. The zero-order valence-electron chi connectivity index (χ0n) is 8.79. The smallest absolute Gasteiger partial charge is 0.133 e. The average molecular weight is 220 g/mol. The molecule has 0 unspecified atom stereocenters. The number of thiol groups is 1. The number of unbranched alkanes of at least 4 members (excludes halogenated alkanes) is 1. The molecule has 0 spiro atoms. The Balaban J connectivity index is 3.30. The van der Waals surface area contributed by atoms with Crippen LogP contribution in [0.15, 0.2) is 0 Å². The lowest BCUT2D eigenvalue weighted by Crippen LogP contribution is -2.24. The Kier molecular flexibility index (Phi) is 7.71. The first-order valence-corrected chi connectivity index (χ1v) is 5.56. The Labute approximate surface area is 92.7 Å². The predicted molar refractivity (Wildman–Crippen MR) is 66.6 cm³/mol. The first kappa shape index (κ1) is 13.2. The van der Waals surface area contributed by atoms with Gasteiger partial charge in [0, 0.05) is 13.6 Å². The van der Waals surface area contributed by atoms with Gasteiger partial charge in [-0.05, 0) is 33.0 Å². The minimum Gasteiger partial charge on any atom is -0.361 e. The standard InChI is InChI=1S/C9H20N2S2/c1-4-10(2)7-5-6-8-11(3)9(12)13/h4-8H2,1-3H3,(H,12,13). The van der Waals surface area contributed by atoms with E-state index in [4.69, 9.17) is 12.2 Å². The summed E-state index contributed by atoms with van der Waals surface area (Å²) in [5, 5.41) is 0. The summed E-state index contributed by atoms with van der Waals surface area (Å²) in [6, 6.07) is 0. The van der Waals surface area contributed by atoms with Crippen LogP contribution >= 0.6 is 24.8 Å². The fraction of sp³-hybridized carbons (Fsp3) is 0.889. The van der Waals surface area contributed by atoms with Gasteiger partial charge in [-0.15, -0.1) is 12.6 Å². The van der Waals surface area contributed by atoms with E-state index in [2.05, 4.69) is 31.5 Å². The maximum atomic E-state index is 4.92. The van der Waals surface area contributed by atoms with E-state index in [1.54, 1.807) is 0 Å². The van der Waals surface area contributed by atoms with E-state index >= 15 is 0 Å². The largest absolute Gasteiger partial charge is 0.361 e. The molecule has 0 aliphatic carbocycles. The lowest BCUT2D eigenvalue weighted by Gasteiger charge is -2.17. The molecule has 0 aromatic heterocycles. The van der Waals surface area contributed by atoms with Crippen molar-refractivity contribution >= 4 is 29.2 Å². The summed E-state index contributed by atoms with van der Waals surface area (Å²) in [6.07, 6.45) is 2.41. The van der Waals surface area contributed by atoms with E-state index in [9.17, 15) is 0 Å². The topological polar surface area (TPSA) is 6.48 Å². The van der Waals surface area contributed by atoms with Gasteiger partial charge in [0.2, 0.25) is 0 Å². The fourth-order valence-corrected chi connectivity index (χ4v) is 1.18. The monoisotopic (exact) mass is 220 g/mol. The molecule has 78 valence electrons. The molecule has 0 N–H and O–H groups in total. The number of rotatable bonds is 6. The van der Waals surface area contributed by atoms with Gasteiger partial charge in [-0.3, -0.25) is 0 Å². The number of hydrogen-bond acceptors (Lipinski definition) is 2. The third-order valence-electron chi connectivity index (χ3n) is 2.15. The minimum atomic E-state index is 0.684. The summed E-state index contributed by atoms with van der Waals surface area (Å²) in [7, 11) is 4.13. The minimum absolute atomic E-state index is 0.684. The molecule has 0 saturated heterocycles. The van der Waals surface area contributed by atoms with Crippen molar-refractivity contribution in [2.24, 2.45) is 0 Å². The van der Waals surface area contributed by atoms with Crippen LogP contribution < -0.4 is 0 Å². The van der Waals surface area contributed by atoms with Gasteiger partial charge in [0.1, 0.15) is 4.32 Å². The fourth-order valence-electron chi connectivity index (χ4n) is 0.984. The van der Waals surface area contributed by atoms with Crippen LogP contribution in [0.2, 0.25) is 0 Å². The highest BCUT2D eigenvalue weighted by Gasteiger charge is 1.99. The summed E-state index contributed by atoms with van der Waals surface area (Å²) in [5.74, 6) is 0. The molecular formula is C9H20N2S2. The van der Waals surface area contributed by atoms with Gasteiger partial charge < -0.3 is 9.80 Å². The predicted octanol–water partition coefficient (Wildman–Crippen LogP) is 1.86. The van der Waals surface area contributed by atoms with E-state index in [0.717, 1.165) is 13.1 Å². The first-order chi connectivity index (χ1) is 6.07. The van der Waals surface area contributed by atoms with Crippen LogP contribution in [0.1, 0.15) is 19.8 Å². The normalized spacial score (nSPS) is 10.5. The van der Waals surface area contributed by atoms with Crippen LogP contribution in [-0.4, -0.2) is 47.8 Å². The first-order valence-electron chi connectivity index (χ1n) is 4.70. The Hall–Kier alpha value is 0.200. The van der Waals surface area contributed by atoms with Crippen LogP contribution in [0.25, 0.3) is 0 Å². The van der Waals surface area contributed by atoms with Crippen molar-refractivity contribution in [1.82, 2.24) is 9.80 Å². The van der Waals surface area contributed by atoms with Crippen molar-refractivity contribution < 1.29 is 0 Å². The summed E-state index contributed by atoms with van der Waals surface area (Å²) in [4.78, 5) is 4.32. The number of nitrogens with zero attached hydrogens (tertiary/aromatic N) is 2. The summed E-state index contributed by atoms with van der Waals surface area (Å²) >= 11 is 9.02. The van der Waals surface area contributed by atoms with Crippen LogP contribution in [-0.2, 0) is 0 Å². The zero-order valence-corrected chi connectivity index (χ0v) is 10.5. The summed E-state index contributed by atoms with van der Waals surface area (Å²) < 4.78 is 0.684. The van der Waals surface area contributed by atoms with Crippen molar-refractivity contribution in [3.05, 3.63) is 0 Å². The van der Waals surface area contributed by atoms with Crippen molar-refractivity contribution in [1.29, 1.82) is 0 Å². The van der Waals surface area contributed by atoms with Gasteiger partial charge in [0.05, 0.1) is 0 Å². The number of thiocarbonyl (C=S) groups is 1. The lowest BCUT2D eigenvalue weighted by atomic mass is 10.3. The summed E-state index contributed by atoms with van der Waals surface area (Å²) in [6.45, 7) is 5.49. The molecule has 0 rings (SSSR count). The quantitative estimate of drug-likeness (QED) is 0.415. The summed E-state index contributed by atoms with van der Waals surface area (Å²) in [5.41, 5.74) is 0. The molecule has 0 radical (unpaired) electrons.